The summed E-state index contributed by atoms with van der Waals surface area (Å²) < 4.78 is 0.828. The van der Waals surface area contributed by atoms with E-state index in [1.165, 1.54) is 10.4 Å². The molecule has 0 radical (unpaired) electrons. The Hall–Kier alpha value is -0.970. The summed E-state index contributed by atoms with van der Waals surface area (Å²) in [6, 6.07) is 15.0. The lowest BCUT2D eigenvalue weighted by Gasteiger charge is -2.09. The SMILES string of the molecule is Clc1ccc(CN=C2NC(Cc3ccccc3)CS2)s1. The van der Waals surface area contributed by atoms with Crippen molar-refractivity contribution >= 4 is 39.9 Å². The van der Waals surface area contributed by atoms with Gasteiger partial charge in [-0.1, -0.05) is 53.7 Å². The Morgan fingerprint density at radius 3 is 2.80 bits per heavy atom. The number of halogens is 1. The number of nitrogens with one attached hydrogen (secondary N) is 1. The third-order valence-electron chi connectivity index (χ3n) is 3.08. The van der Waals surface area contributed by atoms with Gasteiger partial charge in [0, 0.05) is 16.7 Å². The van der Waals surface area contributed by atoms with Gasteiger partial charge in [0.05, 0.1) is 10.9 Å². The first-order valence-corrected chi connectivity index (χ1v) is 8.69. The maximum atomic E-state index is 5.92. The normalized spacial score (nSPS) is 20.2. The number of hydrogen-bond donors (Lipinski definition) is 1. The number of hydrogen-bond acceptors (Lipinski definition) is 3. The van der Waals surface area contributed by atoms with Crippen LogP contribution in [0.2, 0.25) is 4.34 Å². The zero-order valence-electron chi connectivity index (χ0n) is 10.9. The van der Waals surface area contributed by atoms with E-state index in [9.17, 15) is 0 Å². The van der Waals surface area contributed by atoms with Gasteiger partial charge >= 0.3 is 0 Å². The van der Waals surface area contributed by atoms with Crippen molar-refractivity contribution in [1.29, 1.82) is 0 Å². The molecule has 0 amide bonds. The fraction of sp³-hybridized carbons (Fsp3) is 0.267. The summed E-state index contributed by atoms with van der Waals surface area (Å²) in [4.78, 5) is 5.82. The van der Waals surface area contributed by atoms with Crippen LogP contribution in [0.3, 0.4) is 0 Å². The van der Waals surface area contributed by atoms with Crippen molar-refractivity contribution < 1.29 is 0 Å². The van der Waals surface area contributed by atoms with Gasteiger partial charge in [0.2, 0.25) is 0 Å². The molecule has 2 nitrogen and oxygen atoms in total. The highest BCUT2D eigenvalue weighted by Crippen LogP contribution is 2.23. The molecule has 0 spiro atoms. The van der Waals surface area contributed by atoms with Crippen molar-refractivity contribution in [3.05, 3.63) is 57.2 Å². The predicted molar refractivity (Wildman–Crippen MR) is 90.0 cm³/mol. The number of thioether (sulfide) groups is 1. The van der Waals surface area contributed by atoms with Gasteiger partial charge in [-0.3, -0.25) is 4.99 Å². The summed E-state index contributed by atoms with van der Waals surface area (Å²) in [5.41, 5.74) is 1.37. The Bertz CT molecular complexity index is 595. The van der Waals surface area contributed by atoms with E-state index in [-0.39, 0.29) is 0 Å². The maximum Gasteiger partial charge on any atom is 0.157 e. The van der Waals surface area contributed by atoms with Gasteiger partial charge in [-0.15, -0.1) is 11.3 Å². The summed E-state index contributed by atoms with van der Waals surface area (Å²) in [7, 11) is 0. The molecule has 0 bridgehead atoms. The number of nitrogens with zero attached hydrogens (tertiary/aromatic N) is 1. The summed E-state index contributed by atoms with van der Waals surface area (Å²) >= 11 is 9.32. The van der Waals surface area contributed by atoms with E-state index in [4.69, 9.17) is 11.6 Å². The number of thiophene rings is 1. The van der Waals surface area contributed by atoms with Crippen molar-refractivity contribution in [2.24, 2.45) is 4.99 Å². The van der Waals surface area contributed by atoms with E-state index in [1.807, 2.05) is 12.1 Å². The van der Waals surface area contributed by atoms with Crippen molar-refractivity contribution in [2.45, 2.75) is 19.0 Å². The van der Waals surface area contributed by atoms with Crippen LogP contribution in [-0.2, 0) is 13.0 Å². The van der Waals surface area contributed by atoms with E-state index in [0.717, 1.165) is 21.7 Å². The van der Waals surface area contributed by atoms with Crippen LogP contribution in [-0.4, -0.2) is 17.0 Å². The van der Waals surface area contributed by atoms with Crippen LogP contribution in [0.25, 0.3) is 0 Å². The summed E-state index contributed by atoms with van der Waals surface area (Å²) in [5.74, 6) is 1.08. The zero-order valence-corrected chi connectivity index (χ0v) is 13.3. The van der Waals surface area contributed by atoms with Crippen LogP contribution in [0.4, 0.5) is 0 Å². The van der Waals surface area contributed by atoms with Gasteiger partial charge in [0.1, 0.15) is 0 Å². The molecule has 1 unspecified atom stereocenters. The van der Waals surface area contributed by atoms with Gasteiger partial charge in [-0.05, 0) is 24.1 Å². The van der Waals surface area contributed by atoms with Gasteiger partial charge in [-0.2, -0.15) is 0 Å². The smallest absolute Gasteiger partial charge is 0.157 e. The molecule has 1 aliphatic heterocycles. The highest BCUT2D eigenvalue weighted by molar-refractivity contribution is 8.14. The lowest BCUT2D eigenvalue weighted by atomic mass is 10.1. The third-order valence-corrected chi connectivity index (χ3v) is 5.39. The first kappa shape index (κ1) is 14.0. The topological polar surface area (TPSA) is 24.4 Å². The molecule has 1 aromatic heterocycles. The summed E-state index contributed by atoms with van der Waals surface area (Å²) in [6.07, 6.45) is 1.05. The minimum Gasteiger partial charge on any atom is -0.361 e. The molecule has 1 aromatic carbocycles. The first-order chi connectivity index (χ1) is 9.79. The minimum absolute atomic E-state index is 0.480. The monoisotopic (exact) mass is 322 g/mol. The van der Waals surface area contributed by atoms with Crippen LogP contribution in [0.5, 0.6) is 0 Å². The molecule has 1 atom stereocenters. The van der Waals surface area contributed by atoms with Gasteiger partial charge in [0.15, 0.2) is 5.17 Å². The molecular weight excluding hydrogens is 308 g/mol. The fourth-order valence-electron chi connectivity index (χ4n) is 2.12. The molecule has 1 saturated heterocycles. The Balaban J connectivity index is 1.54. The molecule has 0 saturated carbocycles. The summed E-state index contributed by atoms with van der Waals surface area (Å²) in [6.45, 7) is 0.713. The largest absolute Gasteiger partial charge is 0.361 e. The van der Waals surface area contributed by atoms with Crippen LogP contribution < -0.4 is 5.32 Å². The van der Waals surface area contributed by atoms with Crippen molar-refractivity contribution in [3.8, 4) is 0 Å². The zero-order chi connectivity index (χ0) is 13.8. The molecule has 20 heavy (non-hydrogen) atoms. The first-order valence-electron chi connectivity index (χ1n) is 6.51. The second kappa shape index (κ2) is 6.66. The second-order valence-corrected chi connectivity index (χ2v) is 7.48. The number of benzene rings is 1. The molecular formula is C15H15ClN2S2. The molecule has 2 heterocycles. The molecule has 104 valence electrons. The van der Waals surface area contributed by atoms with E-state index < -0.39 is 0 Å². The molecule has 2 aromatic rings. The van der Waals surface area contributed by atoms with Gasteiger partial charge in [-0.25, -0.2) is 0 Å². The summed E-state index contributed by atoms with van der Waals surface area (Å²) in [5, 5.41) is 4.55. The van der Waals surface area contributed by atoms with E-state index >= 15 is 0 Å². The van der Waals surface area contributed by atoms with E-state index in [2.05, 4.69) is 40.6 Å². The van der Waals surface area contributed by atoms with Crippen molar-refractivity contribution in [3.63, 3.8) is 0 Å². The Kier molecular flexibility index (Phi) is 4.65. The van der Waals surface area contributed by atoms with Crippen LogP contribution in [0.15, 0.2) is 47.5 Å². The Morgan fingerprint density at radius 2 is 2.05 bits per heavy atom. The average molecular weight is 323 g/mol. The average Bonchev–Trinajstić information content (AvgIpc) is 3.07. The lowest BCUT2D eigenvalue weighted by molar-refractivity contribution is 0.686. The van der Waals surface area contributed by atoms with E-state index in [0.29, 0.717) is 12.6 Å². The van der Waals surface area contributed by atoms with Crippen LogP contribution in [0.1, 0.15) is 10.4 Å². The molecule has 1 aliphatic rings. The van der Waals surface area contributed by atoms with Crippen LogP contribution >= 0.6 is 34.7 Å². The predicted octanol–water partition coefficient (Wildman–Crippen LogP) is 4.21. The third kappa shape index (κ3) is 3.78. The van der Waals surface area contributed by atoms with Crippen molar-refractivity contribution in [2.75, 3.05) is 5.75 Å². The van der Waals surface area contributed by atoms with Crippen molar-refractivity contribution in [1.82, 2.24) is 5.32 Å². The Morgan fingerprint density at radius 1 is 1.20 bits per heavy atom. The molecule has 1 N–H and O–H groups in total. The highest BCUT2D eigenvalue weighted by atomic mass is 35.5. The second-order valence-electron chi connectivity index (χ2n) is 4.67. The highest BCUT2D eigenvalue weighted by Gasteiger charge is 2.20. The van der Waals surface area contributed by atoms with Gasteiger partial charge < -0.3 is 5.32 Å². The maximum absolute atomic E-state index is 5.92. The molecule has 5 heteroatoms. The number of amidine groups is 1. The molecule has 3 rings (SSSR count). The quantitative estimate of drug-likeness (QED) is 0.912. The fourth-order valence-corrected chi connectivity index (χ4v) is 4.10. The molecule has 1 fully saturated rings. The Labute approximate surface area is 132 Å². The van der Waals surface area contributed by atoms with E-state index in [1.54, 1.807) is 23.1 Å². The molecule has 0 aliphatic carbocycles. The number of rotatable bonds is 4. The van der Waals surface area contributed by atoms with Gasteiger partial charge in [0.25, 0.3) is 0 Å². The minimum atomic E-state index is 0.480. The standard InChI is InChI=1S/C15H15ClN2S2/c16-14-7-6-13(20-14)9-17-15-18-12(10-19-15)8-11-4-2-1-3-5-11/h1-7,12H,8-10H2,(H,17,18). The van der Waals surface area contributed by atoms with Crippen LogP contribution in [0, 0.1) is 0 Å². The number of aliphatic imine (C=N–C) groups is 1. The lowest BCUT2D eigenvalue weighted by Crippen LogP contribution is -2.28.